The van der Waals surface area contributed by atoms with Crippen LogP contribution in [0.15, 0.2) is 24.3 Å². The minimum atomic E-state index is -2.21. The molecule has 186 valence electrons. The predicted molar refractivity (Wildman–Crippen MR) is 136 cm³/mol. The van der Waals surface area contributed by atoms with Gasteiger partial charge < -0.3 is 19.3 Å². The fraction of sp³-hybridized carbons (Fsp3) is 0.667. The quantitative estimate of drug-likeness (QED) is 0.634. The van der Waals surface area contributed by atoms with Crippen LogP contribution >= 0.6 is 7.14 Å². The van der Waals surface area contributed by atoms with Crippen LogP contribution in [0.3, 0.4) is 0 Å². The molecule has 2 spiro atoms. The molecule has 3 aliphatic carbocycles. The Kier molecular flexibility index (Phi) is 4.70. The third kappa shape index (κ3) is 3.85. The first kappa shape index (κ1) is 22.1. The van der Waals surface area contributed by atoms with Crippen molar-refractivity contribution in [1.29, 1.82) is 0 Å². The second kappa shape index (κ2) is 7.44. The van der Waals surface area contributed by atoms with Crippen molar-refractivity contribution in [2.75, 3.05) is 39.5 Å². The zero-order chi connectivity index (χ0) is 24.0. The largest absolute Gasteiger partial charge is 0.328 e. The van der Waals surface area contributed by atoms with Crippen molar-refractivity contribution < 1.29 is 9.36 Å². The zero-order valence-corrected chi connectivity index (χ0v) is 21.8. The van der Waals surface area contributed by atoms with E-state index in [1.54, 1.807) is 0 Å². The van der Waals surface area contributed by atoms with Crippen LogP contribution in [-0.2, 0) is 11.0 Å². The molecular weight excluding hydrogens is 457 g/mol. The number of hydrogen-bond acceptors (Lipinski definition) is 4. The molecule has 7 rings (SSSR count). The number of carbonyl (C=O) groups excluding carboxylic acids is 1. The normalized spacial score (nSPS) is 25.2. The van der Waals surface area contributed by atoms with E-state index in [2.05, 4.69) is 37.1 Å². The molecule has 5 fully saturated rings. The molecule has 0 atom stereocenters. The van der Waals surface area contributed by atoms with Crippen molar-refractivity contribution in [3.63, 3.8) is 0 Å². The summed E-state index contributed by atoms with van der Waals surface area (Å²) in [4.78, 5) is 20.6. The fourth-order valence-electron chi connectivity index (χ4n) is 7.37. The Bertz CT molecular complexity index is 1200. The summed E-state index contributed by atoms with van der Waals surface area (Å²) in [7, 11) is -2.21. The number of benzene rings is 1. The average molecular weight is 494 g/mol. The van der Waals surface area contributed by atoms with E-state index in [-0.39, 0.29) is 6.03 Å². The standard InChI is InChI=1S/C27H36N5O2P/c1-35(2,34)22-5-3-4-18(9-22)8-19-10-26(11-19)14-31(15-26)25(33)32-16-27(17-32)12-21(13-27)24-28-23(29-30-24)20-6-7-20/h3-5,9,19-21H,6-8,10-17H2,1-2H3,(H,28,29,30). The maximum Gasteiger partial charge on any atom is 0.320 e. The topological polar surface area (TPSA) is 82.2 Å². The molecule has 0 bridgehead atoms. The van der Waals surface area contributed by atoms with Gasteiger partial charge in [-0.25, -0.2) is 4.79 Å². The predicted octanol–water partition coefficient (Wildman–Crippen LogP) is 4.18. The molecule has 0 radical (unpaired) electrons. The maximum absolute atomic E-state index is 13.0. The van der Waals surface area contributed by atoms with Crippen molar-refractivity contribution in [2.24, 2.45) is 16.7 Å². The van der Waals surface area contributed by atoms with E-state index >= 15 is 0 Å². The van der Waals surface area contributed by atoms with E-state index in [4.69, 9.17) is 0 Å². The molecule has 2 aromatic rings. The zero-order valence-electron chi connectivity index (χ0n) is 20.9. The van der Waals surface area contributed by atoms with Gasteiger partial charge in [0.15, 0.2) is 0 Å². The van der Waals surface area contributed by atoms with Gasteiger partial charge in [-0.3, -0.25) is 0 Å². The van der Waals surface area contributed by atoms with Crippen LogP contribution in [0, 0.1) is 16.7 Å². The Morgan fingerprint density at radius 3 is 2.17 bits per heavy atom. The molecule has 3 saturated carbocycles. The summed E-state index contributed by atoms with van der Waals surface area (Å²) in [5, 5.41) is 9.72. The first-order valence-electron chi connectivity index (χ1n) is 13.3. The number of likely N-dealkylation sites (tertiary alicyclic amines) is 2. The van der Waals surface area contributed by atoms with Gasteiger partial charge in [0.2, 0.25) is 0 Å². The highest BCUT2D eigenvalue weighted by Gasteiger charge is 2.58. The monoisotopic (exact) mass is 493 g/mol. The number of rotatable bonds is 5. The van der Waals surface area contributed by atoms with E-state index in [0.29, 0.717) is 28.6 Å². The van der Waals surface area contributed by atoms with Crippen LogP contribution in [0.2, 0.25) is 0 Å². The highest BCUT2D eigenvalue weighted by molar-refractivity contribution is 7.70. The SMILES string of the molecule is CP(C)(=O)c1cccc(CC2CC3(C2)CN(C(=O)N2CC4(CC(c5nnc(C6CC6)[nH]5)C4)C2)C3)c1. The molecular formula is C27H36N5O2P. The molecule has 8 heteroatoms. The minimum absolute atomic E-state index is 0.248. The molecule has 2 aliphatic heterocycles. The van der Waals surface area contributed by atoms with Gasteiger partial charge in [0.25, 0.3) is 0 Å². The van der Waals surface area contributed by atoms with Crippen molar-refractivity contribution in [2.45, 2.75) is 56.8 Å². The Labute approximate surface area is 207 Å². The van der Waals surface area contributed by atoms with Crippen LogP contribution in [0.25, 0.3) is 0 Å². The maximum atomic E-state index is 13.0. The van der Waals surface area contributed by atoms with Crippen molar-refractivity contribution in [3.8, 4) is 0 Å². The molecule has 5 aliphatic rings. The molecule has 3 heterocycles. The van der Waals surface area contributed by atoms with Gasteiger partial charge >= 0.3 is 6.03 Å². The summed E-state index contributed by atoms with van der Waals surface area (Å²) in [5.74, 6) is 3.95. The summed E-state index contributed by atoms with van der Waals surface area (Å²) >= 11 is 0. The third-order valence-electron chi connectivity index (χ3n) is 9.38. The number of aromatic nitrogens is 3. The van der Waals surface area contributed by atoms with Crippen LogP contribution < -0.4 is 5.30 Å². The molecule has 1 aromatic heterocycles. The average Bonchev–Trinajstić information content (AvgIpc) is 3.44. The number of carbonyl (C=O) groups is 1. The molecule has 35 heavy (non-hydrogen) atoms. The van der Waals surface area contributed by atoms with Gasteiger partial charge in [-0.2, -0.15) is 0 Å². The Hall–Kier alpha value is -2.14. The second-order valence-electron chi connectivity index (χ2n) is 13.0. The highest BCUT2D eigenvalue weighted by atomic mass is 31.2. The first-order valence-corrected chi connectivity index (χ1v) is 15.9. The van der Waals surface area contributed by atoms with Crippen molar-refractivity contribution in [3.05, 3.63) is 41.5 Å². The summed E-state index contributed by atoms with van der Waals surface area (Å²) in [6, 6.07) is 8.59. The summed E-state index contributed by atoms with van der Waals surface area (Å²) in [6.45, 7) is 7.36. The lowest BCUT2D eigenvalue weighted by Crippen LogP contribution is -2.70. The summed E-state index contributed by atoms with van der Waals surface area (Å²) < 4.78 is 12.4. The van der Waals surface area contributed by atoms with Crippen LogP contribution in [0.1, 0.15) is 67.6 Å². The highest BCUT2D eigenvalue weighted by Crippen LogP contribution is 2.57. The molecule has 2 amide bonds. The number of urea groups is 1. The molecule has 1 N–H and O–H groups in total. The second-order valence-corrected chi connectivity index (χ2v) is 16.2. The lowest BCUT2D eigenvalue weighted by Gasteiger charge is -2.63. The van der Waals surface area contributed by atoms with E-state index in [9.17, 15) is 9.36 Å². The van der Waals surface area contributed by atoms with Crippen molar-refractivity contribution >= 4 is 18.5 Å². The summed E-state index contributed by atoms with van der Waals surface area (Å²) in [5.41, 5.74) is 1.99. The van der Waals surface area contributed by atoms with Crippen LogP contribution in [0.5, 0.6) is 0 Å². The first-order chi connectivity index (χ1) is 16.7. The summed E-state index contributed by atoms with van der Waals surface area (Å²) in [6.07, 6.45) is 8.24. The number of nitrogens with zero attached hydrogens (tertiary/aromatic N) is 4. The Balaban J connectivity index is 0.853. The van der Waals surface area contributed by atoms with E-state index in [1.165, 1.54) is 31.2 Å². The van der Waals surface area contributed by atoms with Crippen LogP contribution in [0.4, 0.5) is 4.79 Å². The van der Waals surface area contributed by atoms with Crippen molar-refractivity contribution in [1.82, 2.24) is 25.0 Å². The smallest absolute Gasteiger partial charge is 0.320 e. The third-order valence-corrected chi connectivity index (χ3v) is 10.9. The minimum Gasteiger partial charge on any atom is -0.328 e. The molecule has 2 saturated heterocycles. The van der Waals surface area contributed by atoms with Gasteiger partial charge in [-0.05, 0) is 75.8 Å². The Morgan fingerprint density at radius 1 is 0.971 bits per heavy atom. The number of hydrogen-bond donors (Lipinski definition) is 1. The van der Waals surface area contributed by atoms with Gasteiger partial charge in [-0.1, -0.05) is 18.2 Å². The van der Waals surface area contributed by atoms with Gasteiger partial charge in [0.05, 0.1) is 0 Å². The van der Waals surface area contributed by atoms with Gasteiger partial charge in [0.1, 0.15) is 18.8 Å². The lowest BCUT2D eigenvalue weighted by molar-refractivity contribution is -0.100. The van der Waals surface area contributed by atoms with Crippen LogP contribution in [-0.4, -0.2) is 70.5 Å². The number of amides is 2. The van der Waals surface area contributed by atoms with Gasteiger partial charge in [0, 0.05) is 54.1 Å². The fourth-order valence-corrected chi connectivity index (χ4v) is 8.29. The lowest BCUT2D eigenvalue weighted by atomic mass is 9.56. The van der Waals surface area contributed by atoms with E-state index < -0.39 is 7.14 Å². The van der Waals surface area contributed by atoms with E-state index in [0.717, 1.165) is 62.4 Å². The number of nitrogens with one attached hydrogen (secondary N) is 1. The molecule has 1 aromatic carbocycles. The Morgan fingerprint density at radius 2 is 1.57 bits per heavy atom. The molecule has 7 nitrogen and oxygen atoms in total. The number of H-pyrrole nitrogens is 1. The number of aromatic amines is 1. The van der Waals surface area contributed by atoms with Gasteiger partial charge in [-0.15, -0.1) is 10.2 Å². The van der Waals surface area contributed by atoms with E-state index in [1.807, 2.05) is 25.5 Å². The molecule has 0 unspecified atom stereocenters.